The fourth-order valence-electron chi connectivity index (χ4n) is 3.53. The zero-order chi connectivity index (χ0) is 26.4. The number of halogens is 3. The van der Waals surface area contributed by atoms with E-state index in [1.54, 1.807) is 18.2 Å². The predicted molar refractivity (Wildman–Crippen MR) is 131 cm³/mol. The number of esters is 1. The molecule has 1 aromatic heterocycles. The number of oxime groups is 1. The highest BCUT2D eigenvalue weighted by atomic mass is 19.4. The molecule has 0 N–H and O–H groups in total. The lowest BCUT2D eigenvalue weighted by molar-refractivity contribution is -0.137. The van der Waals surface area contributed by atoms with Gasteiger partial charge in [-0.1, -0.05) is 53.6 Å². The molecule has 0 bridgehead atoms. The summed E-state index contributed by atoms with van der Waals surface area (Å²) in [5, 5.41) is 9.57. The zero-order valence-electron chi connectivity index (χ0n) is 20.0. The number of rotatable bonds is 9. The highest BCUT2D eigenvalue weighted by molar-refractivity contribution is 6.05. The third-order valence-electron chi connectivity index (χ3n) is 5.39. The summed E-state index contributed by atoms with van der Waals surface area (Å²) in [4.78, 5) is 17.6. The molecule has 3 aromatic carbocycles. The van der Waals surface area contributed by atoms with Crippen LogP contribution in [0.3, 0.4) is 0 Å². The monoisotopic (exact) mass is 512 g/mol. The van der Waals surface area contributed by atoms with Gasteiger partial charge in [-0.3, -0.25) is 0 Å². The average molecular weight is 512 g/mol. The van der Waals surface area contributed by atoms with Crippen LogP contribution in [0.5, 0.6) is 5.75 Å². The van der Waals surface area contributed by atoms with Crippen LogP contribution in [0, 0.1) is 0 Å². The third-order valence-corrected chi connectivity index (χ3v) is 5.39. The first-order valence-electron chi connectivity index (χ1n) is 11.4. The molecule has 0 spiro atoms. The molecular weight excluding hydrogens is 489 g/mol. The lowest BCUT2D eigenvalue weighted by Gasteiger charge is -2.11. The van der Waals surface area contributed by atoms with Gasteiger partial charge in [-0.25, -0.2) is 4.79 Å². The second kappa shape index (κ2) is 11.2. The van der Waals surface area contributed by atoms with E-state index in [1.807, 2.05) is 31.2 Å². The van der Waals surface area contributed by atoms with E-state index in [0.717, 1.165) is 29.3 Å². The third kappa shape index (κ3) is 6.08. The highest BCUT2D eigenvalue weighted by Crippen LogP contribution is 2.31. The van der Waals surface area contributed by atoms with Crippen LogP contribution >= 0.6 is 0 Å². The van der Waals surface area contributed by atoms with Gasteiger partial charge in [0.1, 0.15) is 24.7 Å². The molecule has 0 saturated carbocycles. The summed E-state index contributed by atoms with van der Waals surface area (Å²) in [6.45, 7) is 2.18. The Hall–Kier alpha value is -4.34. The molecule has 4 rings (SSSR count). The Labute approximate surface area is 210 Å². The molecular formula is C27H23F3N2O5. The molecule has 0 unspecified atom stereocenters. The minimum absolute atomic E-state index is 0.0929. The molecule has 0 saturated heterocycles. The lowest BCUT2D eigenvalue weighted by Crippen LogP contribution is -2.14. The van der Waals surface area contributed by atoms with Crippen LogP contribution in [0.15, 0.2) is 76.4 Å². The first kappa shape index (κ1) is 25.7. The molecule has 192 valence electrons. The summed E-state index contributed by atoms with van der Waals surface area (Å²) in [6, 6.07) is 16.8. The maximum Gasteiger partial charge on any atom is 0.416 e. The van der Waals surface area contributed by atoms with Gasteiger partial charge in [0.2, 0.25) is 0 Å². The van der Waals surface area contributed by atoms with E-state index in [-0.39, 0.29) is 18.1 Å². The van der Waals surface area contributed by atoms with Crippen LogP contribution in [-0.2, 0) is 15.8 Å². The van der Waals surface area contributed by atoms with Crippen LogP contribution in [-0.4, -0.2) is 37.2 Å². The van der Waals surface area contributed by atoms with Crippen LogP contribution in [0.4, 0.5) is 13.2 Å². The van der Waals surface area contributed by atoms with Gasteiger partial charge in [0.05, 0.1) is 18.2 Å². The molecule has 37 heavy (non-hydrogen) atoms. The maximum absolute atomic E-state index is 12.9. The first-order chi connectivity index (χ1) is 17.8. The van der Waals surface area contributed by atoms with E-state index < -0.39 is 17.7 Å². The summed E-state index contributed by atoms with van der Waals surface area (Å²) >= 11 is 0. The topological polar surface area (TPSA) is 83.2 Å². The summed E-state index contributed by atoms with van der Waals surface area (Å²) < 4.78 is 54.9. The smallest absolute Gasteiger partial charge is 0.416 e. The Kier molecular flexibility index (Phi) is 7.76. The van der Waals surface area contributed by atoms with E-state index in [1.165, 1.54) is 19.2 Å². The van der Waals surface area contributed by atoms with Crippen LogP contribution < -0.4 is 4.74 Å². The normalized spacial score (nSPS) is 12.0. The van der Waals surface area contributed by atoms with Crippen molar-refractivity contribution in [1.82, 2.24) is 5.16 Å². The van der Waals surface area contributed by atoms with Crippen LogP contribution in [0.2, 0.25) is 0 Å². The van der Waals surface area contributed by atoms with Gasteiger partial charge in [-0.05, 0) is 41.5 Å². The Morgan fingerprint density at radius 3 is 2.51 bits per heavy atom. The summed E-state index contributed by atoms with van der Waals surface area (Å²) in [6.07, 6.45) is -3.71. The number of hydrogen-bond acceptors (Lipinski definition) is 7. The van der Waals surface area contributed by atoms with Gasteiger partial charge in [0.25, 0.3) is 0 Å². The lowest BCUT2D eigenvalue weighted by atomic mass is 10.0. The largest absolute Gasteiger partial charge is 0.487 e. The number of aromatic nitrogens is 1. The van der Waals surface area contributed by atoms with Gasteiger partial charge in [-0.2, -0.15) is 13.2 Å². The molecule has 7 nitrogen and oxygen atoms in total. The molecule has 4 aromatic rings. The molecule has 0 aliphatic rings. The second-order valence-corrected chi connectivity index (χ2v) is 7.99. The predicted octanol–water partition coefficient (Wildman–Crippen LogP) is 6.51. The molecule has 0 amide bonds. The van der Waals surface area contributed by atoms with Gasteiger partial charge < -0.3 is 18.8 Å². The van der Waals surface area contributed by atoms with Crippen molar-refractivity contribution in [2.75, 3.05) is 20.3 Å². The van der Waals surface area contributed by atoms with E-state index in [4.69, 9.17) is 18.8 Å². The van der Waals surface area contributed by atoms with Gasteiger partial charge in [0.15, 0.2) is 11.5 Å². The van der Waals surface area contributed by atoms with Crippen molar-refractivity contribution >= 4 is 22.5 Å². The van der Waals surface area contributed by atoms with E-state index in [2.05, 4.69) is 10.3 Å². The van der Waals surface area contributed by atoms with Crippen LogP contribution in [0.25, 0.3) is 22.0 Å². The van der Waals surface area contributed by atoms with Gasteiger partial charge >= 0.3 is 12.1 Å². The van der Waals surface area contributed by atoms with Crippen LogP contribution in [0.1, 0.15) is 35.0 Å². The standard InChI is InChI=1S/C27H23F3N2O5/c1-3-12-36-31-24(25-15-23(32-37-25)17-8-10-19(11-9-17)27(28,29)30)16-35-20-13-18-6-4-5-7-21(18)22(14-20)26(33)34-2/h4-11,13-15H,3,12,16H2,1-2H3. The SMILES string of the molecule is CCCON=C(COc1cc(C(=O)OC)c2ccccc2c1)c1cc(-c2ccc(C(F)(F)F)cc2)no1. The number of alkyl halides is 3. The Bertz CT molecular complexity index is 1410. The molecule has 0 radical (unpaired) electrons. The van der Waals surface area contributed by atoms with Crippen molar-refractivity contribution < 1.29 is 36.8 Å². The highest BCUT2D eigenvalue weighted by Gasteiger charge is 2.30. The minimum Gasteiger partial charge on any atom is -0.487 e. The number of hydrogen-bond donors (Lipinski definition) is 0. The summed E-state index contributed by atoms with van der Waals surface area (Å²) in [5.41, 5.74) is 0.623. The van der Waals surface area contributed by atoms with E-state index in [9.17, 15) is 18.0 Å². The molecule has 0 aliphatic heterocycles. The van der Waals surface area contributed by atoms with Crippen molar-refractivity contribution in [2.45, 2.75) is 19.5 Å². The van der Waals surface area contributed by atoms with Crippen molar-refractivity contribution in [3.8, 4) is 17.0 Å². The maximum atomic E-state index is 12.9. The molecule has 0 aliphatic carbocycles. The molecule has 10 heteroatoms. The summed E-state index contributed by atoms with van der Waals surface area (Å²) in [7, 11) is 1.30. The molecule has 1 heterocycles. The van der Waals surface area contributed by atoms with Crippen molar-refractivity contribution in [2.24, 2.45) is 5.16 Å². The minimum atomic E-state index is -4.43. The number of carbonyl (C=O) groups is 1. The fourth-order valence-corrected chi connectivity index (χ4v) is 3.53. The number of carbonyl (C=O) groups excluding carboxylic acids is 1. The van der Waals surface area contributed by atoms with E-state index in [0.29, 0.717) is 29.2 Å². The number of methoxy groups -OCH3 is 1. The number of fused-ring (bicyclic) bond motifs is 1. The van der Waals surface area contributed by atoms with Gasteiger partial charge in [0, 0.05) is 11.6 Å². The average Bonchev–Trinajstić information content (AvgIpc) is 3.39. The summed E-state index contributed by atoms with van der Waals surface area (Å²) in [5.74, 6) is 0.114. The zero-order valence-corrected chi connectivity index (χ0v) is 20.0. The second-order valence-electron chi connectivity index (χ2n) is 7.99. The Morgan fingerprint density at radius 1 is 1.05 bits per heavy atom. The quantitative estimate of drug-likeness (QED) is 0.110. The number of ether oxygens (including phenoxy) is 2. The van der Waals surface area contributed by atoms with E-state index >= 15 is 0 Å². The first-order valence-corrected chi connectivity index (χ1v) is 11.4. The Morgan fingerprint density at radius 2 is 1.81 bits per heavy atom. The Balaban J connectivity index is 1.59. The molecule has 0 fully saturated rings. The van der Waals surface area contributed by atoms with Crippen molar-refractivity contribution in [3.05, 3.63) is 83.6 Å². The number of benzene rings is 3. The fraction of sp³-hybridized carbons (Fsp3) is 0.222. The molecule has 0 atom stereocenters. The van der Waals surface area contributed by atoms with Crippen molar-refractivity contribution in [3.63, 3.8) is 0 Å². The van der Waals surface area contributed by atoms with Gasteiger partial charge in [-0.15, -0.1) is 0 Å². The van der Waals surface area contributed by atoms with Crippen molar-refractivity contribution in [1.29, 1.82) is 0 Å². The number of nitrogens with zero attached hydrogens (tertiary/aromatic N) is 2.